The molecule has 166 valence electrons. The van der Waals surface area contributed by atoms with Gasteiger partial charge in [0, 0.05) is 42.8 Å². The van der Waals surface area contributed by atoms with Crippen molar-refractivity contribution in [2.45, 2.75) is 13.0 Å². The van der Waals surface area contributed by atoms with Crippen molar-refractivity contribution in [2.24, 2.45) is 0 Å². The number of hydrogen-bond acceptors (Lipinski definition) is 3. The first-order valence-electron chi connectivity index (χ1n) is 10.4. The summed E-state index contributed by atoms with van der Waals surface area (Å²) in [5.74, 6) is -1.01. The van der Waals surface area contributed by atoms with E-state index in [1.165, 1.54) is 18.2 Å². The summed E-state index contributed by atoms with van der Waals surface area (Å²) in [6.07, 6.45) is 0. The summed E-state index contributed by atoms with van der Waals surface area (Å²) in [4.78, 5) is 44.1. The molecule has 1 aliphatic rings. The average molecular weight is 437 g/mol. The van der Waals surface area contributed by atoms with Crippen LogP contribution in [0.2, 0.25) is 0 Å². The van der Waals surface area contributed by atoms with Gasteiger partial charge in [-0.05, 0) is 37.3 Å². The van der Waals surface area contributed by atoms with Gasteiger partial charge in [-0.25, -0.2) is 9.18 Å². The van der Waals surface area contributed by atoms with Gasteiger partial charge in [-0.1, -0.05) is 24.3 Å². The number of urea groups is 1. The zero-order valence-corrected chi connectivity index (χ0v) is 17.6. The third kappa shape index (κ3) is 4.72. The quantitative estimate of drug-likeness (QED) is 0.586. The van der Waals surface area contributed by atoms with E-state index < -0.39 is 17.8 Å². The standard InChI is InChI=1S/C23H24FN5O3/c1-15(21(30)26-18-7-4-6-17(24)14-18)25-23(32)29-11-9-28(10-12-29)22(31)20-13-16-5-2-3-8-19(16)27-20/h2-8,13-15,27H,9-12H2,1H3,(H,25,32)(H,26,30)/t15-/m1/s1. The molecule has 1 aliphatic heterocycles. The van der Waals surface area contributed by atoms with Gasteiger partial charge in [-0.15, -0.1) is 0 Å². The third-order valence-corrected chi connectivity index (χ3v) is 5.44. The number of anilines is 1. The number of carbonyl (C=O) groups is 3. The maximum Gasteiger partial charge on any atom is 0.318 e. The van der Waals surface area contributed by atoms with Crippen molar-refractivity contribution in [3.63, 3.8) is 0 Å². The lowest BCUT2D eigenvalue weighted by molar-refractivity contribution is -0.117. The van der Waals surface area contributed by atoms with E-state index in [1.807, 2.05) is 30.3 Å². The lowest BCUT2D eigenvalue weighted by atomic mass is 10.2. The van der Waals surface area contributed by atoms with Gasteiger partial charge in [0.05, 0.1) is 0 Å². The topological polar surface area (TPSA) is 97.5 Å². The van der Waals surface area contributed by atoms with Crippen LogP contribution in [0.5, 0.6) is 0 Å². The van der Waals surface area contributed by atoms with Gasteiger partial charge in [-0.2, -0.15) is 0 Å². The number of fused-ring (bicyclic) bond motifs is 1. The Balaban J connectivity index is 1.28. The maximum absolute atomic E-state index is 13.3. The van der Waals surface area contributed by atoms with E-state index in [2.05, 4.69) is 15.6 Å². The van der Waals surface area contributed by atoms with Crippen LogP contribution in [0, 0.1) is 5.82 Å². The minimum atomic E-state index is -0.809. The molecule has 1 saturated heterocycles. The van der Waals surface area contributed by atoms with Crippen molar-refractivity contribution in [3.05, 3.63) is 66.1 Å². The molecule has 3 N–H and O–H groups in total. The fourth-order valence-corrected chi connectivity index (χ4v) is 3.63. The van der Waals surface area contributed by atoms with Crippen LogP contribution in [-0.2, 0) is 4.79 Å². The van der Waals surface area contributed by atoms with E-state index in [0.29, 0.717) is 37.6 Å². The molecule has 0 bridgehead atoms. The van der Waals surface area contributed by atoms with Crippen LogP contribution in [0.4, 0.5) is 14.9 Å². The summed E-state index contributed by atoms with van der Waals surface area (Å²) in [6, 6.07) is 13.9. The van der Waals surface area contributed by atoms with E-state index in [0.717, 1.165) is 10.9 Å². The zero-order valence-electron chi connectivity index (χ0n) is 17.6. The summed E-state index contributed by atoms with van der Waals surface area (Å²) in [5, 5.41) is 6.19. The van der Waals surface area contributed by atoms with Crippen LogP contribution in [-0.4, -0.2) is 64.9 Å². The van der Waals surface area contributed by atoms with Gasteiger partial charge in [0.2, 0.25) is 5.91 Å². The van der Waals surface area contributed by atoms with E-state index in [9.17, 15) is 18.8 Å². The smallest absolute Gasteiger partial charge is 0.318 e. The summed E-state index contributed by atoms with van der Waals surface area (Å²) in [7, 11) is 0. The predicted molar refractivity (Wildman–Crippen MR) is 119 cm³/mol. The number of rotatable bonds is 4. The van der Waals surface area contributed by atoms with E-state index in [4.69, 9.17) is 0 Å². The number of benzene rings is 2. The molecule has 32 heavy (non-hydrogen) atoms. The molecule has 3 aromatic rings. The lowest BCUT2D eigenvalue weighted by Gasteiger charge is -2.35. The van der Waals surface area contributed by atoms with Crippen molar-refractivity contribution in [2.75, 3.05) is 31.5 Å². The number of carbonyl (C=O) groups excluding carboxylic acids is 3. The molecule has 4 amide bonds. The molecule has 0 radical (unpaired) electrons. The molecule has 2 heterocycles. The summed E-state index contributed by atoms with van der Waals surface area (Å²) in [5.41, 5.74) is 1.74. The molecule has 8 nitrogen and oxygen atoms in total. The molecular weight excluding hydrogens is 413 g/mol. The number of para-hydroxylation sites is 1. The Kier molecular flexibility index (Phi) is 6.07. The first-order valence-corrected chi connectivity index (χ1v) is 10.4. The van der Waals surface area contributed by atoms with Gasteiger partial charge in [0.15, 0.2) is 0 Å². The molecule has 1 fully saturated rings. The normalized spacial score (nSPS) is 14.8. The second-order valence-electron chi connectivity index (χ2n) is 7.72. The highest BCUT2D eigenvalue weighted by atomic mass is 19.1. The largest absolute Gasteiger partial charge is 0.351 e. The molecule has 0 saturated carbocycles. The van der Waals surface area contributed by atoms with Crippen LogP contribution in [0.1, 0.15) is 17.4 Å². The van der Waals surface area contributed by atoms with Gasteiger partial charge in [0.25, 0.3) is 5.91 Å². The third-order valence-electron chi connectivity index (χ3n) is 5.44. The van der Waals surface area contributed by atoms with Crippen molar-refractivity contribution in [1.82, 2.24) is 20.1 Å². The number of aromatic nitrogens is 1. The van der Waals surface area contributed by atoms with E-state index in [-0.39, 0.29) is 11.9 Å². The molecular formula is C23H24FN5O3. The van der Waals surface area contributed by atoms with Crippen LogP contribution in [0.15, 0.2) is 54.6 Å². The molecule has 0 spiro atoms. The minimum Gasteiger partial charge on any atom is -0.351 e. The number of H-pyrrole nitrogens is 1. The number of amides is 4. The Bertz CT molecular complexity index is 1120. The number of hydrogen-bond donors (Lipinski definition) is 3. The molecule has 0 unspecified atom stereocenters. The predicted octanol–water partition coefficient (Wildman–Crippen LogP) is 2.80. The minimum absolute atomic E-state index is 0.107. The second-order valence-corrected chi connectivity index (χ2v) is 7.72. The van der Waals surface area contributed by atoms with Gasteiger partial charge in [-0.3, -0.25) is 9.59 Å². The van der Waals surface area contributed by atoms with E-state index >= 15 is 0 Å². The number of aromatic amines is 1. The van der Waals surface area contributed by atoms with Crippen molar-refractivity contribution in [1.29, 1.82) is 0 Å². The highest BCUT2D eigenvalue weighted by Crippen LogP contribution is 2.17. The van der Waals surface area contributed by atoms with Crippen molar-refractivity contribution >= 4 is 34.4 Å². The highest BCUT2D eigenvalue weighted by molar-refractivity contribution is 5.98. The average Bonchev–Trinajstić information content (AvgIpc) is 3.23. The van der Waals surface area contributed by atoms with Gasteiger partial charge >= 0.3 is 6.03 Å². The molecule has 0 aliphatic carbocycles. The molecule has 1 atom stereocenters. The Morgan fingerprint density at radius 1 is 0.969 bits per heavy atom. The van der Waals surface area contributed by atoms with Crippen LogP contribution in [0.3, 0.4) is 0 Å². The highest BCUT2D eigenvalue weighted by Gasteiger charge is 2.27. The maximum atomic E-state index is 13.3. The first-order chi connectivity index (χ1) is 15.4. The number of piperazine rings is 1. The van der Waals surface area contributed by atoms with Crippen molar-refractivity contribution in [3.8, 4) is 0 Å². The van der Waals surface area contributed by atoms with Gasteiger partial charge < -0.3 is 25.4 Å². The molecule has 2 aromatic carbocycles. The summed E-state index contributed by atoms with van der Waals surface area (Å²) in [6.45, 7) is 3.06. The fraction of sp³-hybridized carbons (Fsp3) is 0.261. The zero-order chi connectivity index (χ0) is 22.7. The molecule has 4 rings (SSSR count). The fourth-order valence-electron chi connectivity index (χ4n) is 3.63. The summed E-state index contributed by atoms with van der Waals surface area (Å²) < 4.78 is 13.3. The number of nitrogens with one attached hydrogen (secondary N) is 3. The SMILES string of the molecule is C[C@@H](NC(=O)N1CCN(C(=O)c2cc3ccccc3[nH]2)CC1)C(=O)Nc1cccc(F)c1. The van der Waals surface area contributed by atoms with Crippen LogP contribution < -0.4 is 10.6 Å². The monoisotopic (exact) mass is 437 g/mol. The first kappa shape index (κ1) is 21.4. The van der Waals surface area contributed by atoms with E-state index in [1.54, 1.807) is 22.8 Å². The molecule has 1 aromatic heterocycles. The lowest BCUT2D eigenvalue weighted by Crippen LogP contribution is -2.55. The Hall–Kier alpha value is -3.88. The number of halogens is 1. The Morgan fingerprint density at radius 2 is 1.69 bits per heavy atom. The second kappa shape index (κ2) is 9.09. The summed E-state index contributed by atoms with van der Waals surface area (Å²) >= 11 is 0. The van der Waals surface area contributed by atoms with Crippen molar-refractivity contribution < 1.29 is 18.8 Å². The van der Waals surface area contributed by atoms with Gasteiger partial charge in [0.1, 0.15) is 17.6 Å². The number of nitrogens with zero attached hydrogens (tertiary/aromatic N) is 2. The van der Waals surface area contributed by atoms with Crippen LogP contribution in [0.25, 0.3) is 10.9 Å². The molecule has 9 heteroatoms. The Morgan fingerprint density at radius 3 is 2.41 bits per heavy atom. The Labute approximate surface area is 184 Å². The van der Waals surface area contributed by atoms with Crippen LogP contribution >= 0.6 is 0 Å².